The van der Waals surface area contributed by atoms with Gasteiger partial charge in [0.05, 0.1) is 6.54 Å². The number of rotatable bonds is 4. The maximum absolute atomic E-state index is 5.76. The van der Waals surface area contributed by atoms with E-state index in [2.05, 4.69) is 35.8 Å². The molecule has 0 aliphatic heterocycles. The summed E-state index contributed by atoms with van der Waals surface area (Å²) in [5.74, 6) is 0.991. The van der Waals surface area contributed by atoms with Gasteiger partial charge >= 0.3 is 0 Å². The largest absolute Gasteiger partial charge is 0.460 e. The molecule has 3 heteroatoms. The van der Waals surface area contributed by atoms with Gasteiger partial charge in [-0.25, -0.2) is 0 Å². The van der Waals surface area contributed by atoms with Crippen LogP contribution in [-0.4, -0.2) is 0 Å². The van der Waals surface area contributed by atoms with E-state index in [4.69, 9.17) is 4.42 Å². The van der Waals surface area contributed by atoms with Crippen molar-refractivity contribution in [2.75, 3.05) is 0 Å². The molecule has 92 valence electrons. The van der Waals surface area contributed by atoms with Crippen LogP contribution in [0.4, 0.5) is 0 Å². The Morgan fingerprint density at radius 2 is 2.06 bits per heavy atom. The number of fused-ring (bicyclic) bond motifs is 1. The molecule has 0 fully saturated rings. The van der Waals surface area contributed by atoms with Gasteiger partial charge in [-0.05, 0) is 36.1 Å². The highest BCUT2D eigenvalue weighted by Gasteiger charge is 2.03. The van der Waals surface area contributed by atoms with Gasteiger partial charge in [0.15, 0.2) is 0 Å². The Kier molecular flexibility index (Phi) is 3.17. The van der Waals surface area contributed by atoms with Crippen molar-refractivity contribution in [3.63, 3.8) is 0 Å². The summed E-state index contributed by atoms with van der Waals surface area (Å²) < 4.78 is 5.76. The molecule has 3 aromatic rings. The number of thiophene rings is 1. The molecule has 0 spiro atoms. The van der Waals surface area contributed by atoms with Gasteiger partial charge in [0, 0.05) is 16.8 Å². The zero-order valence-electron chi connectivity index (χ0n) is 10.3. The Balaban J connectivity index is 1.65. The summed E-state index contributed by atoms with van der Waals surface area (Å²) >= 11 is 1.80. The van der Waals surface area contributed by atoms with E-state index >= 15 is 0 Å². The maximum atomic E-state index is 5.76. The summed E-state index contributed by atoms with van der Waals surface area (Å²) in [5, 5.41) is 6.72. The molecular weight excluding hydrogens is 242 g/mol. The molecule has 3 rings (SSSR count). The number of nitrogens with one attached hydrogen (secondary N) is 1. The molecule has 0 atom stereocenters. The lowest BCUT2D eigenvalue weighted by Crippen LogP contribution is -2.11. The third-order valence-electron chi connectivity index (χ3n) is 3.03. The van der Waals surface area contributed by atoms with Crippen molar-refractivity contribution in [3.8, 4) is 0 Å². The average Bonchev–Trinajstić information content (AvgIpc) is 2.96. The van der Waals surface area contributed by atoms with Crippen molar-refractivity contribution in [3.05, 3.63) is 58.0 Å². The molecule has 0 bridgehead atoms. The second-order valence-electron chi connectivity index (χ2n) is 4.38. The van der Waals surface area contributed by atoms with Crippen molar-refractivity contribution in [2.24, 2.45) is 0 Å². The van der Waals surface area contributed by atoms with E-state index in [9.17, 15) is 0 Å². The number of benzene rings is 1. The standard InChI is InChI=1S/C15H15NOS/c1-11-6-7-18-15(11)10-16-9-13-8-12-4-2-3-5-14(12)17-13/h2-8,16H,9-10H2,1H3. The van der Waals surface area contributed by atoms with E-state index in [1.54, 1.807) is 11.3 Å². The third kappa shape index (κ3) is 2.33. The summed E-state index contributed by atoms with van der Waals surface area (Å²) in [4.78, 5) is 1.39. The molecule has 0 saturated carbocycles. The second-order valence-corrected chi connectivity index (χ2v) is 5.38. The number of aryl methyl sites for hydroxylation is 1. The van der Waals surface area contributed by atoms with Crippen molar-refractivity contribution in [2.45, 2.75) is 20.0 Å². The first-order chi connectivity index (χ1) is 8.83. The van der Waals surface area contributed by atoms with Gasteiger partial charge in [-0.1, -0.05) is 18.2 Å². The van der Waals surface area contributed by atoms with E-state index in [0.717, 1.165) is 24.4 Å². The summed E-state index contributed by atoms with van der Waals surface area (Å²) in [6.07, 6.45) is 0. The Labute approximate surface area is 110 Å². The predicted octanol–water partition coefficient (Wildman–Crippen LogP) is 4.09. The third-order valence-corrected chi connectivity index (χ3v) is 4.05. The van der Waals surface area contributed by atoms with Crippen LogP contribution in [0.3, 0.4) is 0 Å². The Morgan fingerprint density at radius 3 is 2.83 bits per heavy atom. The van der Waals surface area contributed by atoms with Crippen LogP contribution < -0.4 is 5.32 Å². The summed E-state index contributed by atoms with van der Waals surface area (Å²) in [6, 6.07) is 12.4. The minimum absolute atomic E-state index is 0.770. The first-order valence-corrected chi connectivity index (χ1v) is 6.92. The van der Waals surface area contributed by atoms with Crippen LogP contribution in [0.5, 0.6) is 0 Å². The highest BCUT2D eigenvalue weighted by Crippen LogP contribution is 2.19. The number of para-hydroxylation sites is 1. The minimum atomic E-state index is 0.770. The number of hydrogen-bond acceptors (Lipinski definition) is 3. The van der Waals surface area contributed by atoms with Gasteiger partial charge in [-0.3, -0.25) is 0 Å². The topological polar surface area (TPSA) is 25.2 Å². The van der Waals surface area contributed by atoms with Crippen LogP contribution in [0, 0.1) is 6.92 Å². The second kappa shape index (κ2) is 4.96. The molecule has 18 heavy (non-hydrogen) atoms. The van der Waals surface area contributed by atoms with Gasteiger partial charge in [-0.15, -0.1) is 11.3 Å². The Morgan fingerprint density at radius 1 is 1.17 bits per heavy atom. The van der Waals surface area contributed by atoms with Gasteiger partial charge in [0.2, 0.25) is 0 Å². The quantitative estimate of drug-likeness (QED) is 0.761. The van der Waals surface area contributed by atoms with E-state index < -0.39 is 0 Å². The van der Waals surface area contributed by atoms with E-state index in [-0.39, 0.29) is 0 Å². The molecule has 2 heterocycles. The summed E-state index contributed by atoms with van der Waals surface area (Å²) in [7, 11) is 0. The normalized spacial score (nSPS) is 11.2. The van der Waals surface area contributed by atoms with Crippen molar-refractivity contribution in [1.82, 2.24) is 5.32 Å². The fourth-order valence-electron chi connectivity index (χ4n) is 2.01. The number of furan rings is 1. The molecule has 0 saturated heterocycles. The van der Waals surface area contributed by atoms with Gasteiger partial charge in [0.1, 0.15) is 11.3 Å². The highest BCUT2D eigenvalue weighted by molar-refractivity contribution is 7.10. The van der Waals surface area contributed by atoms with Crippen LogP contribution in [0.25, 0.3) is 11.0 Å². The van der Waals surface area contributed by atoms with E-state index in [0.29, 0.717) is 0 Å². The average molecular weight is 257 g/mol. The van der Waals surface area contributed by atoms with Crippen LogP contribution in [-0.2, 0) is 13.1 Å². The smallest absolute Gasteiger partial charge is 0.134 e. The SMILES string of the molecule is Cc1ccsc1CNCc1cc2ccccc2o1. The maximum Gasteiger partial charge on any atom is 0.134 e. The van der Waals surface area contributed by atoms with Gasteiger partial charge < -0.3 is 9.73 Å². The van der Waals surface area contributed by atoms with Gasteiger partial charge in [-0.2, -0.15) is 0 Å². The zero-order valence-corrected chi connectivity index (χ0v) is 11.1. The summed E-state index contributed by atoms with van der Waals surface area (Å²) in [5.41, 5.74) is 2.32. The molecule has 0 unspecified atom stereocenters. The first kappa shape index (κ1) is 11.5. The molecule has 0 aliphatic rings. The molecule has 0 aliphatic carbocycles. The van der Waals surface area contributed by atoms with Crippen molar-refractivity contribution >= 4 is 22.3 Å². The Hall–Kier alpha value is -1.58. The van der Waals surface area contributed by atoms with Crippen LogP contribution >= 0.6 is 11.3 Å². The fourth-order valence-corrected chi connectivity index (χ4v) is 2.88. The molecule has 2 nitrogen and oxygen atoms in total. The highest BCUT2D eigenvalue weighted by atomic mass is 32.1. The van der Waals surface area contributed by atoms with E-state index in [1.807, 2.05) is 18.2 Å². The zero-order chi connectivity index (χ0) is 12.4. The molecule has 1 aromatic carbocycles. The molecule has 0 radical (unpaired) electrons. The first-order valence-electron chi connectivity index (χ1n) is 6.04. The lowest BCUT2D eigenvalue weighted by atomic mass is 10.2. The van der Waals surface area contributed by atoms with Crippen molar-refractivity contribution in [1.29, 1.82) is 0 Å². The monoisotopic (exact) mass is 257 g/mol. The van der Waals surface area contributed by atoms with Crippen molar-refractivity contribution < 1.29 is 4.42 Å². The Bertz CT molecular complexity index is 620. The lowest BCUT2D eigenvalue weighted by Gasteiger charge is -2.01. The predicted molar refractivity (Wildman–Crippen MR) is 75.8 cm³/mol. The fraction of sp³-hybridized carbons (Fsp3) is 0.200. The van der Waals surface area contributed by atoms with E-state index in [1.165, 1.54) is 15.8 Å². The minimum Gasteiger partial charge on any atom is -0.460 e. The molecule has 2 aromatic heterocycles. The van der Waals surface area contributed by atoms with Gasteiger partial charge in [0.25, 0.3) is 0 Å². The van der Waals surface area contributed by atoms with Crippen LogP contribution in [0.2, 0.25) is 0 Å². The molecular formula is C15H15NOS. The number of hydrogen-bond donors (Lipinski definition) is 1. The molecule has 0 amide bonds. The lowest BCUT2D eigenvalue weighted by molar-refractivity contribution is 0.514. The molecule has 1 N–H and O–H groups in total. The summed E-state index contributed by atoms with van der Waals surface area (Å²) in [6.45, 7) is 3.82. The van der Waals surface area contributed by atoms with Crippen LogP contribution in [0.15, 0.2) is 46.2 Å². The van der Waals surface area contributed by atoms with Crippen LogP contribution in [0.1, 0.15) is 16.2 Å².